The van der Waals surface area contributed by atoms with Crippen molar-refractivity contribution in [3.05, 3.63) is 95.7 Å². The molecular formula is C35H36N5O6+. The third kappa shape index (κ3) is 7.39. The Kier molecular flexibility index (Phi) is 10.0. The molecule has 0 spiro atoms. The average molecular weight is 623 g/mol. The summed E-state index contributed by atoms with van der Waals surface area (Å²) in [5.41, 5.74) is 12.8. The summed E-state index contributed by atoms with van der Waals surface area (Å²) in [6.45, 7) is 3.41. The number of nitrogens with one attached hydrogen (secondary N) is 4. The van der Waals surface area contributed by atoms with Crippen LogP contribution in [0.1, 0.15) is 49.3 Å². The second-order valence-electron chi connectivity index (χ2n) is 11.4. The molecule has 1 aromatic heterocycles. The largest absolute Gasteiger partial charge is 0.461 e. The van der Waals surface area contributed by atoms with Crippen LogP contribution in [0, 0.1) is 5.53 Å². The highest BCUT2D eigenvalue weighted by Crippen LogP contribution is 2.44. The van der Waals surface area contributed by atoms with E-state index in [0.717, 1.165) is 44.9 Å². The van der Waals surface area contributed by atoms with Gasteiger partial charge in [0, 0.05) is 35.9 Å². The fourth-order valence-corrected chi connectivity index (χ4v) is 5.77. The smallest absolute Gasteiger partial charge is 0.407 e. The number of aromatic amines is 1. The summed E-state index contributed by atoms with van der Waals surface area (Å²) < 4.78 is 11.1. The number of para-hydroxylation sites is 1. The van der Waals surface area contributed by atoms with Gasteiger partial charge in [-0.15, -0.1) is 0 Å². The van der Waals surface area contributed by atoms with Crippen molar-refractivity contribution in [2.45, 2.75) is 57.2 Å². The average Bonchev–Trinajstić information content (AvgIpc) is 3.60. The van der Waals surface area contributed by atoms with Crippen molar-refractivity contribution in [1.29, 1.82) is 5.53 Å². The predicted molar refractivity (Wildman–Crippen MR) is 170 cm³/mol. The standard InChI is InChI=1S/C35H35N5O6/c1-21(2)46-34(43)31(16-15-23(41)19-38-36)39-33(42)32(17-22-18-37-30-14-8-7-9-24(22)30)40-35(44)45-20-29-27-12-5-3-10-25(27)26-11-4-6-13-28(26)29/h3-14,18-19,21,29,31-32,36-37H,15-17,20H2,1-2H3,(H-,39,40,42,44)/p+1/t31-,32-/m0/s1. The molecule has 0 unspecified atom stereocenters. The molecule has 46 heavy (non-hydrogen) atoms. The van der Waals surface area contributed by atoms with Gasteiger partial charge in [-0.05, 0) is 54.2 Å². The van der Waals surface area contributed by atoms with E-state index in [9.17, 15) is 19.2 Å². The normalized spacial score (nSPS) is 13.2. The summed E-state index contributed by atoms with van der Waals surface area (Å²) in [4.78, 5) is 58.1. The Hall–Kier alpha value is -5.54. The van der Waals surface area contributed by atoms with Gasteiger partial charge >= 0.3 is 18.3 Å². The molecule has 2 atom stereocenters. The molecule has 236 valence electrons. The van der Waals surface area contributed by atoms with Crippen LogP contribution in [-0.2, 0) is 30.3 Å². The molecule has 4 N–H and O–H groups in total. The minimum atomic E-state index is -1.17. The van der Waals surface area contributed by atoms with Crippen LogP contribution in [0.3, 0.4) is 0 Å². The maximum Gasteiger partial charge on any atom is 0.407 e. The second kappa shape index (κ2) is 14.5. The molecule has 0 fully saturated rings. The van der Waals surface area contributed by atoms with Gasteiger partial charge in [0.05, 0.1) is 16.4 Å². The number of Topliss-reactive ketones (excluding diaryl/α,β-unsaturated/α-hetero) is 1. The minimum absolute atomic E-state index is 0.0598. The molecule has 4 aromatic rings. The van der Waals surface area contributed by atoms with Crippen molar-refractivity contribution >= 4 is 40.9 Å². The second-order valence-corrected chi connectivity index (χ2v) is 11.4. The number of H-pyrrole nitrogens is 1. The summed E-state index contributed by atoms with van der Waals surface area (Å²) in [5, 5.41) is 6.26. The Labute approximate surface area is 265 Å². The zero-order valence-electron chi connectivity index (χ0n) is 25.6. The van der Waals surface area contributed by atoms with Crippen molar-refractivity contribution in [2.75, 3.05) is 6.61 Å². The van der Waals surface area contributed by atoms with Crippen LogP contribution in [0.15, 0.2) is 79.0 Å². The van der Waals surface area contributed by atoms with Gasteiger partial charge in [0.15, 0.2) is 0 Å². The van der Waals surface area contributed by atoms with Gasteiger partial charge in [0.1, 0.15) is 18.7 Å². The molecular weight excluding hydrogens is 586 g/mol. The van der Waals surface area contributed by atoms with Crippen molar-refractivity contribution < 1.29 is 33.4 Å². The number of hydrogen-bond acceptors (Lipinski definition) is 7. The van der Waals surface area contributed by atoms with Crippen LogP contribution in [0.5, 0.6) is 0 Å². The Morgan fingerprint density at radius 1 is 0.913 bits per heavy atom. The number of carbonyl (C=O) groups is 4. The molecule has 1 aliphatic rings. The van der Waals surface area contributed by atoms with Gasteiger partial charge in [-0.25, -0.2) is 9.59 Å². The molecule has 0 bridgehead atoms. The van der Waals surface area contributed by atoms with Gasteiger partial charge in [-0.3, -0.25) is 9.59 Å². The van der Waals surface area contributed by atoms with Gasteiger partial charge in [0.25, 0.3) is 0 Å². The molecule has 5 rings (SSSR count). The topological polar surface area (TPSA) is 165 Å². The summed E-state index contributed by atoms with van der Waals surface area (Å²) in [6.07, 6.45) is 1.23. The third-order valence-electron chi connectivity index (χ3n) is 7.89. The molecule has 0 saturated heterocycles. The Morgan fingerprint density at radius 3 is 2.24 bits per heavy atom. The number of amides is 2. The van der Waals surface area contributed by atoms with Gasteiger partial charge in [0.2, 0.25) is 11.7 Å². The Bertz CT molecular complexity index is 1760. The molecule has 3 aromatic carbocycles. The monoisotopic (exact) mass is 622 g/mol. The van der Waals surface area contributed by atoms with Crippen LogP contribution in [0.2, 0.25) is 0 Å². The first-order valence-corrected chi connectivity index (χ1v) is 15.1. The Balaban J connectivity index is 1.34. The number of nitrogens with zero attached hydrogens (tertiary/aromatic N) is 1. The molecule has 1 aliphatic carbocycles. The lowest BCUT2D eigenvalue weighted by Crippen LogP contribution is -2.53. The highest BCUT2D eigenvalue weighted by Gasteiger charge is 2.32. The highest BCUT2D eigenvalue weighted by molar-refractivity contribution is 6.25. The van der Waals surface area contributed by atoms with Crippen molar-refractivity contribution in [3.63, 3.8) is 0 Å². The number of esters is 1. The predicted octanol–water partition coefficient (Wildman–Crippen LogP) is 4.71. The lowest BCUT2D eigenvalue weighted by Gasteiger charge is -2.23. The van der Waals surface area contributed by atoms with E-state index in [1.165, 1.54) is 0 Å². The molecule has 0 aliphatic heterocycles. The number of fused-ring (bicyclic) bond motifs is 4. The quantitative estimate of drug-likeness (QED) is 0.0730. The SMILES string of the molecule is CC(C)OC(=O)[C@H](CCC(=O)C=[N+]=N)NC(=O)[C@H](Cc1c[nH]c2ccccc12)NC(=O)OCC1c2ccccc2-c2ccccc21. The van der Waals surface area contributed by atoms with E-state index in [1.807, 2.05) is 72.8 Å². The van der Waals surface area contributed by atoms with Crippen LogP contribution in [0.4, 0.5) is 4.79 Å². The first-order chi connectivity index (χ1) is 22.2. The van der Waals surface area contributed by atoms with Gasteiger partial charge < -0.3 is 25.1 Å². The van der Waals surface area contributed by atoms with Crippen LogP contribution < -0.4 is 10.6 Å². The molecule has 11 heteroatoms. The van der Waals surface area contributed by atoms with E-state index in [1.54, 1.807) is 20.0 Å². The van der Waals surface area contributed by atoms with Crippen LogP contribution >= 0.6 is 0 Å². The lowest BCUT2D eigenvalue weighted by atomic mass is 9.98. The molecule has 11 nitrogen and oxygen atoms in total. The Morgan fingerprint density at radius 2 is 1.57 bits per heavy atom. The van der Waals surface area contributed by atoms with E-state index in [0.29, 0.717) is 0 Å². The zero-order valence-corrected chi connectivity index (χ0v) is 25.6. The maximum atomic E-state index is 13.8. The van der Waals surface area contributed by atoms with Crippen molar-refractivity contribution in [3.8, 4) is 11.1 Å². The lowest BCUT2D eigenvalue weighted by molar-refractivity contribution is -0.152. The zero-order chi connectivity index (χ0) is 32.6. The van der Waals surface area contributed by atoms with E-state index in [4.69, 9.17) is 15.0 Å². The van der Waals surface area contributed by atoms with E-state index >= 15 is 0 Å². The minimum Gasteiger partial charge on any atom is -0.461 e. The van der Waals surface area contributed by atoms with E-state index in [-0.39, 0.29) is 31.8 Å². The molecule has 1 heterocycles. The summed E-state index contributed by atoms with van der Waals surface area (Å²) >= 11 is 0. The van der Waals surface area contributed by atoms with Crippen LogP contribution in [0.25, 0.3) is 22.0 Å². The van der Waals surface area contributed by atoms with Crippen molar-refractivity contribution in [2.24, 2.45) is 0 Å². The van der Waals surface area contributed by atoms with Crippen LogP contribution in [-0.4, -0.2) is 64.5 Å². The van der Waals surface area contributed by atoms with E-state index < -0.39 is 41.9 Å². The maximum absolute atomic E-state index is 13.8. The summed E-state index contributed by atoms with van der Waals surface area (Å²) in [6, 6.07) is 21.3. The molecule has 0 saturated carbocycles. The molecule has 0 radical (unpaired) electrons. The van der Waals surface area contributed by atoms with Gasteiger partial charge in [-0.2, -0.15) is 0 Å². The van der Waals surface area contributed by atoms with Crippen molar-refractivity contribution in [1.82, 2.24) is 15.6 Å². The number of ether oxygens (including phenoxy) is 2. The number of carbonyl (C=O) groups excluding carboxylic acids is 4. The van der Waals surface area contributed by atoms with Gasteiger partial charge in [-0.1, -0.05) is 66.7 Å². The highest BCUT2D eigenvalue weighted by atomic mass is 16.6. The first-order valence-electron chi connectivity index (χ1n) is 15.1. The number of benzene rings is 3. The summed E-state index contributed by atoms with van der Waals surface area (Å²) in [7, 11) is 0. The number of ketones is 1. The number of alkyl carbamates (subject to hydrolysis) is 1. The number of hydrogen-bond donors (Lipinski definition) is 4. The fraction of sp³-hybridized carbons (Fsp3) is 0.286. The first kappa shape index (κ1) is 31.9. The third-order valence-corrected chi connectivity index (χ3v) is 7.89. The molecule has 2 amide bonds. The van der Waals surface area contributed by atoms with E-state index in [2.05, 4.69) is 20.4 Å². The number of rotatable bonds is 13. The fourth-order valence-electron chi connectivity index (χ4n) is 5.77. The number of aromatic nitrogens is 1. The summed E-state index contributed by atoms with van der Waals surface area (Å²) in [5.74, 6) is -2.00.